The monoisotopic (exact) mass is 795 g/mol. The lowest BCUT2D eigenvalue weighted by Crippen LogP contribution is -2.78. The van der Waals surface area contributed by atoms with Crippen molar-refractivity contribution in [2.24, 2.45) is 0 Å². The molecule has 0 aromatic heterocycles. The highest BCUT2D eigenvalue weighted by molar-refractivity contribution is 7.67. The summed E-state index contributed by atoms with van der Waals surface area (Å²) in [5.74, 6) is 1.98. The van der Waals surface area contributed by atoms with Gasteiger partial charge in [0.05, 0.1) is 25.5 Å². The van der Waals surface area contributed by atoms with Crippen molar-refractivity contribution in [3.05, 3.63) is 133 Å². The average molecular weight is 795 g/mol. The topological polar surface area (TPSA) is 18.5 Å². The van der Waals surface area contributed by atoms with Crippen LogP contribution in [0, 0.1) is 83.1 Å². The quantitative estimate of drug-likeness (QED) is 0.109. The predicted octanol–water partition coefficient (Wildman–Crippen LogP) is 11.2. The zero-order valence-electron chi connectivity index (χ0n) is 38.6. The third-order valence-electron chi connectivity index (χ3n) is 14.0. The summed E-state index contributed by atoms with van der Waals surface area (Å²) < 4.78 is 11.1. The predicted molar refractivity (Wildman–Crippen MR) is 259 cm³/mol. The molecule has 2 saturated carbocycles. The van der Waals surface area contributed by atoms with E-state index in [1.54, 1.807) is 14.2 Å². The van der Waals surface area contributed by atoms with Crippen molar-refractivity contribution < 1.29 is 9.47 Å². The second-order valence-corrected chi connectivity index (χ2v) is 21.7. The third kappa shape index (κ3) is 8.46. The lowest BCUT2D eigenvalue weighted by atomic mass is 9.10. The Bertz CT molecular complexity index is 1930. The molecule has 7 rings (SSSR count). The summed E-state index contributed by atoms with van der Waals surface area (Å²) in [6.07, 6.45) is 10.0. The second kappa shape index (κ2) is 18.2. The van der Waals surface area contributed by atoms with E-state index in [1.807, 2.05) is 0 Å². The summed E-state index contributed by atoms with van der Waals surface area (Å²) in [5.41, 5.74) is 24.3. The Hall–Kier alpha value is -3.81. The van der Waals surface area contributed by atoms with Crippen molar-refractivity contribution in [3.8, 4) is 11.5 Å². The van der Waals surface area contributed by atoms with Crippen LogP contribution in [0.5, 0.6) is 11.5 Å². The van der Waals surface area contributed by atoms with Gasteiger partial charge in [0, 0.05) is 14.0 Å². The normalized spacial score (nSPS) is 14.9. The smallest absolute Gasteiger partial charge is 0.164 e. The van der Waals surface area contributed by atoms with Crippen LogP contribution >= 0.6 is 7.92 Å². The lowest BCUT2D eigenvalue weighted by molar-refractivity contribution is 0.396. The summed E-state index contributed by atoms with van der Waals surface area (Å²) in [6, 6.07) is 25.7. The standard InChI is InChI=1S/C36H44B.C18H27O2P/c1-21-13-25(5)33(26(6)14-21)37(34-27(7)15-22(2)16-28(34)8,35-29(9)17-23(3)18-30(35)10)36-31(11)19-24(4)20-32(36)12;1-19-14-11-12-18(17(13-14)20-2)21(15-7-3-4-8-15)16-9-5-6-10-16/h13-20H,1-12H3;11-13,15-16H,3-10H2,1-2H3/q-1;/p+1. The molecule has 0 bridgehead atoms. The molecule has 0 unspecified atom stereocenters. The van der Waals surface area contributed by atoms with Crippen LogP contribution in [0.15, 0.2) is 66.7 Å². The maximum atomic E-state index is 5.73. The van der Waals surface area contributed by atoms with E-state index in [-0.39, 0.29) is 0 Å². The van der Waals surface area contributed by atoms with Gasteiger partial charge in [0.2, 0.25) is 0 Å². The lowest BCUT2D eigenvalue weighted by Gasteiger charge is -2.51. The molecule has 5 aromatic rings. The molecule has 308 valence electrons. The Labute approximate surface area is 354 Å². The number of hydrogen-bond acceptors (Lipinski definition) is 2. The first-order valence-electron chi connectivity index (χ1n) is 22.2. The van der Waals surface area contributed by atoms with Gasteiger partial charge in [-0.3, -0.25) is 0 Å². The van der Waals surface area contributed by atoms with Gasteiger partial charge in [-0.05, 0) is 147 Å². The van der Waals surface area contributed by atoms with Gasteiger partial charge in [0.15, 0.2) is 5.75 Å². The SMILES string of the molecule is COc1ccc([PH+](C2CCCC2)C2CCCC2)c(OC)c1.Cc1cc(C)c([B-](c2c(C)cc(C)cc2C)(c2c(C)cc(C)cc2C)c2c(C)cc(C)cc2C)c(C)c1. The highest BCUT2D eigenvalue weighted by Gasteiger charge is 2.43. The first-order chi connectivity index (χ1) is 27.6. The zero-order valence-corrected chi connectivity index (χ0v) is 39.6. The highest BCUT2D eigenvalue weighted by atomic mass is 31.1. The Morgan fingerprint density at radius 3 is 0.966 bits per heavy atom. The van der Waals surface area contributed by atoms with Gasteiger partial charge in [0.25, 0.3) is 0 Å². The number of methoxy groups -OCH3 is 2. The van der Waals surface area contributed by atoms with Gasteiger partial charge in [0.1, 0.15) is 17.2 Å². The van der Waals surface area contributed by atoms with Crippen molar-refractivity contribution in [3.63, 3.8) is 0 Å². The molecule has 0 atom stereocenters. The van der Waals surface area contributed by atoms with Crippen LogP contribution in [0.2, 0.25) is 0 Å². The fourth-order valence-electron chi connectivity index (χ4n) is 12.6. The maximum Gasteiger partial charge on any atom is 0.164 e. The Morgan fingerprint density at radius 2 is 0.707 bits per heavy atom. The Kier molecular flexibility index (Phi) is 13.7. The molecule has 0 amide bonds. The average Bonchev–Trinajstić information content (AvgIpc) is 3.86. The first kappa shape index (κ1) is 43.8. The van der Waals surface area contributed by atoms with E-state index in [0.29, 0.717) is 0 Å². The minimum atomic E-state index is -1.48. The second-order valence-electron chi connectivity index (χ2n) is 18.6. The van der Waals surface area contributed by atoms with Crippen LogP contribution in [0.1, 0.15) is 118 Å². The Morgan fingerprint density at radius 1 is 0.414 bits per heavy atom. The first-order valence-corrected chi connectivity index (χ1v) is 23.9. The molecule has 2 aliphatic carbocycles. The summed E-state index contributed by atoms with van der Waals surface area (Å²) in [7, 11) is 3.01. The van der Waals surface area contributed by atoms with Crippen molar-refractivity contribution in [1.29, 1.82) is 0 Å². The molecule has 0 spiro atoms. The summed E-state index contributed by atoms with van der Waals surface area (Å²) in [5, 5.41) is 1.53. The largest absolute Gasteiger partial charge is 0.497 e. The molecule has 0 saturated heterocycles. The van der Waals surface area contributed by atoms with E-state index in [4.69, 9.17) is 9.47 Å². The van der Waals surface area contributed by atoms with Crippen LogP contribution < -0.4 is 36.6 Å². The van der Waals surface area contributed by atoms with Crippen LogP contribution in [-0.4, -0.2) is 31.7 Å². The van der Waals surface area contributed by atoms with Crippen LogP contribution in [0.25, 0.3) is 0 Å². The van der Waals surface area contributed by atoms with Crippen molar-refractivity contribution in [1.82, 2.24) is 0 Å². The minimum absolute atomic E-state index is 0.524. The summed E-state index contributed by atoms with van der Waals surface area (Å²) in [6.45, 7) is 27.6. The molecule has 0 radical (unpaired) electrons. The molecule has 0 aliphatic heterocycles. The van der Waals surface area contributed by atoms with E-state index in [1.165, 1.54) is 145 Å². The van der Waals surface area contributed by atoms with Crippen LogP contribution in [-0.2, 0) is 0 Å². The third-order valence-corrected chi connectivity index (χ3v) is 17.9. The van der Waals surface area contributed by atoms with Crippen molar-refractivity contribution in [2.45, 2.75) is 146 Å². The Balaban J connectivity index is 0.000000227. The number of rotatable bonds is 9. The van der Waals surface area contributed by atoms with Gasteiger partial charge >= 0.3 is 0 Å². The number of hydrogen-bond donors (Lipinski definition) is 0. The van der Waals surface area contributed by atoms with E-state index in [0.717, 1.165) is 22.8 Å². The molecule has 58 heavy (non-hydrogen) atoms. The zero-order chi connectivity index (χ0) is 42.1. The van der Waals surface area contributed by atoms with E-state index >= 15 is 0 Å². The van der Waals surface area contributed by atoms with Gasteiger partial charge < -0.3 is 9.47 Å². The van der Waals surface area contributed by atoms with E-state index in [2.05, 4.69) is 150 Å². The molecule has 2 fully saturated rings. The van der Waals surface area contributed by atoms with E-state index < -0.39 is 14.1 Å². The van der Waals surface area contributed by atoms with Crippen LogP contribution in [0.3, 0.4) is 0 Å². The molecule has 4 heteroatoms. The number of ether oxygens (including phenoxy) is 2. The summed E-state index contributed by atoms with van der Waals surface area (Å²) >= 11 is 0. The summed E-state index contributed by atoms with van der Waals surface area (Å²) in [4.78, 5) is 0. The van der Waals surface area contributed by atoms with Crippen molar-refractivity contribution in [2.75, 3.05) is 14.2 Å². The maximum absolute atomic E-state index is 5.73. The van der Waals surface area contributed by atoms with Crippen LogP contribution in [0.4, 0.5) is 0 Å². The van der Waals surface area contributed by atoms with Crippen molar-refractivity contribution >= 4 is 41.2 Å². The molecular formula is C54H72BO2P. The molecule has 0 N–H and O–H groups in total. The number of aryl methyl sites for hydroxylation is 12. The van der Waals surface area contributed by atoms with Gasteiger partial charge in [-0.2, -0.15) is 21.9 Å². The molecule has 0 heterocycles. The molecular weight excluding hydrogens is 722 g/mol. The van der Waals surface area contributed by atoms with Gasteiger partial charge in [-0.15, -0.1) is 0 Å². The van der Waals surface area contributed by atoms with Gasteiger partial charge in [-0.25, -0.2) is 0 Å². The number of benzene rings is 5. The highest BCUT2D eigenvalue weighted by Crippen LogP contribution is 2.57. The molecule has 5 aromatic carbocycles. The molecule has 2 aliphatic rings. The van der Waals surface area contributed by atoms with E-state index in [9.17, 15) is 0 Å². The molecule has 2 nitrogen and oxygen atoms in total. The fraction of sp³-hybridized carbons (Fsp3) is 0.444. The van der Waals surface area contributed by atoms with Gasteiger partial charge in [-0.1, -0.05) is 115 Å². The minimum Gasteiger partial charge on any atom is -0.497 e. The fourth-order valence-corrected chi connectivity index (χ4v) is 17.0.